The Morgan fingerprint density at radius 1 is 1.00 bits per heavy atom. The Balaban J connectivity index is 1.62. The summed E-state index contributed by atoms with van der Waals surface area (Å²) in [5.41, 5.74) is 1.92. The first-order chi connectivity index (χ1) is 15.6. The Labute approximate surface area is 184 Å². The number of hydrogen-bond acceptors (Lipinski definition) is 6. The monoisotopic (exact) mass is 428 g/mol. The van der Waals surface area contributed by atoms with E-state index in [0.29, 0.717) is 35.8 Å². The zero-order valence-corrected chi connectivity index (χ0v) is 17.1. The molecule has 0 bridgehead atoms. The van der Waals surface area contributed by atoms with E-state index in [4.69, 9.17) is 9.47 Å². The molecule has 0 saturated carbocycles. The number of aliphatic hydroxyl groups excluding tert-OH is 1. The van der Waals surface area contributed by atoms with Gasteiger partial charge in [-0.25, -0.2) is 0 Å². The smallest absolute Gasteiger partial charge is 0.295 e. The summed E-state index contributed by atoms with van der Waals surface area (Å²) in [4.78, 5) is 31.8. The van der Waals surface area contributed by atoms with E-state index in [0.717, 1.165) is 5.56 Å². The third-order valence-corrected chi connectivity index (χ3v) is 5.55. The number of carbonyl (C=O) groups excluding carboxylic acids is 2. The fourth-order valence-electron chi connectivity index (χ4n) is 4.05. The van der Waals surface area contributed by atoms with Gasteiger partial charge in [0.15, 0.2) is 11.5 Å². The van der Waals surface area contributed by atoms with E-state index in [1.54, 1.807) is 42.7 Å². The zero-order valence-electron chi connectivity index (χ0n) is 17.1. The summed E-state index contributed by atoms with van der Waals surface area (Å²) < 4.78 is 11.1. The number of nitrogens with zero attached hydrogens (tertiary/aromatic N) is 2. The van der Waals surface area contributed by atoms with Gasteiger partial charge in [0.25, 0.3) is 11.7 Å². The highest BCUT2D eigenvalue weighted by Crippen LogP contribution is 2.41. The van der Waals surface area contributed by atoms with Crippen LogP contribution in [-0.2, 0) is 16.1 Å². The predicted molar refractivity (Wildman–Crippen MR) is 116 cm³/mol. The van der Waals surface area contributed by atoms with E-state index in [2.05, 4.69) is 4.98 Å². The summed E-state index contributed by atoms with van der Waals surface area (Å²) in [5, 5.41) is 11.2. The first kappa shape index (κ1) is 19.8. The third-order valence-electron chi connectivity index (χ3n) is 5.55. The Bertz CT molecular complexity index is 1210. The normalized spacial score (nSPS) is 19.2. The Kier molecular flexibility index (Phi) is 5.07. The van der Waals surface area contributed by atoms with E-state index in [1.165, 1.54) is 4.90 Å². The lowest BCUT2D eigenvalue weighted by Gasteiger charge is -2.25. The fourth-order valence-corrected chi connectivity index (χ4v) is 4.05. The molecule has 2 aliphatic rings. The molecule has 5 rings (SSSR count). The lowest BCUT2D eigenvalue weighted by Crippen LogP contribution is -2.29. The van der Waals surface area contributed by atoms with Crippen molar-refractivity contribution in [2.45, 2.75) is 12.6 Å². The van der Waals surface area contributed by atoms with Gasteiger partial charge in [-0.2, -0.15) is 0 Å². The van der Waals surface area contributed by atoms with Gasteiger partial charge >= 0.3 is 0 Å². The van der Waals surface area contributed by atoms with Gasteiger partial charge in [0, 0.05) is 24.5 Å². The van der Waals surface area contributed by atoms with E-state index < -0.39 is 17.7 Å². The molecule has 2 aromatic carbocycles. The summed E-state index contributed by atoms with van der Waals surface area (Å²) in [6, 6.07) is 17.1. The van der Waals surface area contributed by atoms with Crippen LogP contribution in [0, 0.1) is 0 Å². The van der Waals surface area contributed by atoms with Crippen molar-refractivity contribution < 1.29 is 24.2 Å². The molecule has 7 heteroatoms. The van der Waals surface area contributed by atoms with Crippen LogP contribution in [0.3, 0.4) is 0 Å². The number of ketones is 1. The van der Waals surface area contributed by atoms with Gasteiger partial charge in [-0.05, 0) is 35.4 Å². The SMILES string of the molecule is O=C1C(=O)N(Cc2ccccc2)[C@H](c2cccnc2)/C1=C(\O)c1ccc2c(c1)OCCO2. The summed E-state index contributed by atoms with van der Waals surface area (Å²) in [6.07, 6.45) is 3.22. The van der Waals surface area contributed by atoms with Crippen LogP contribution in [-0.4, -0.2) is 39.9 Å². The molecule has 1 atom stereocenters. The molecule has 1 fully saturated rings. The molecule has 1 amide bonds. The number of benzene rings is 2. The number of fused-ring (bicyclic) bond motifs is 1. The maximum absolute atomic E-state index is 13.1. The van der Waals surface area contributed by atoms with Crippen molar-refractivity contribution in [3.63, 3.8) is 0 Å². The molecule has 0 aliphatic carbocycles. The summed E-state index contributed by atoms with van der Waals surface area (Å²) in [5.74, 6) is -0.605. The highest BCUT2D eigenvalue weighted by molar-refractivity contribution is 6.46. The molecule has 2 aliphatic heterocycles. The van der Waals surface area contributed by atoms with Crippen LogP contribution in [0.25, 0.3) is 5.76 Å². The molecule has 0 radical (unpaired) electrons. The number of likely N-dealkylation sites (tertiary alicyclic amines) is 1. The molecule has 32 heavy (non-hydrogen) atoms. The Hall–Kier alpha value is -4.13. The van der Waals surface area contributed by atoms with Crippen molar-refractivity contribution in [2.75, 3.05) is 13.2 Å². The number of aromatic nitrogens is 1. The second-order valence-corrected chi connectivity index (χ2v) is 7.56. The number of ether oxygens (including phenoxy) is 2. The molecule has 3 heterocycles. The van der Waals surface area contributed by atoms with Crippen molar-refractivity contribution in [3.05, 3.63) is 95.3 Å². The van der Waals surface area contributed by atoms with Crippen molar-refractivity contribution in [1.82, 2.24) is 9.88 Å². The van der Waals surface area contributed by atoms with Gasteiger partial charge in [0.2, 0.25) is 0 Å². The fraction of sp³-hybridized carbons (Fsp3) is 0.160. The van der Waals surface area contributed by atoms with Gasteiger partial charge in [-0.3, -0.25) is 14.6 Å². The zero-order chi connectivity index (χ0) is 22.1. The summed E-state index contributed by atoms with van der Waals surface area (Å²) in [7, 11) is 0. The van der Waals surface area contributed by atoms with Crippen LogP contribution in [0.2, 0.25) is 0 Å². The van der Waals surface area contributed by atoms with Crippen molar-refractivity contribution in [1.29, 1.82) is 0 Å². The van der Waals surface area contributed by atoms with Crippen LogP contribution in [0.4, 0.5) is 0 Å². The van der Waals surface area contributed by atoms with Crippen molar-refractivity contribution in [3.8, 4) is 11.5 Å². The van der Waals surface area contributed by atoms with E-state index in [9.17, 15) is 14.7 Å². The maximum atomic E-state index is 13.1. The molecule has 0 unspecified atom stereocenters. The number of Topliss-reactive ketones (excluding diaryl/α,β-unsaturated/α-hetero) is 1. The molecular weight excluding hydrogens is 408 g/mol. The first-order valence-corrected chi connectivity index (χ1v) is 10.3. The number of pyridine rings is 1. The predicted octanol–water partition coefficient (Wildman–Crippen LogP) is 3.47. The average molecular weight is 428 g/mol. The molecule has 160 valence electrons. The average Bonchev–Trinajstić information content (AvgIpc) is 3.09. The van der Waals surface area contributed by atoms with Crippen molar-refractivity contribution >= 4 is 17.4 Å². The van der Waals surface area contributed by atoms with Crippen LogP contribution in [0.5, 0.6) is 11.5 Å². The molecule has 1 aromatic heterocycles. The molecule has 3 aromatic rings. The highest BCUT2D eigenvalue weighted by atomic mass is 16.6. The van der Waals surface area contributed by atoms with Gasteiger partial charge in [-0.1, -0.05) is 36.4 Å². The highest BCUT2D eigenvalue weighted by Gasteiger charge is 2.46. The second kappa shape index (κ2) is 8.19. The van der Waals surface area contributed by atoms with Gasteiger partial charge in [0.1, 0.15) is 19.0 Å². The molecule has 0 spiro atoms. The van der Waals surface area contributed by atoms with Gasteiger partial charge < -0.3 is 19.5 Å². The van der Waals surface area contributed by atoms with Crippen LogP contribution in [0.1, 0.15) is 22.7 Å². The number of rotatable bonds is 4. The van der Waals surface area contributed by atoms with Crippen LogP contribution >= 0.6 is 0 Å². The van der Waals surface area contributed by atoms with Gasteiger partial charge in [-0.15, -0.1) is 0 Å². The van der Waals surface area contributed by atoms with Crippen molar-refractivity contribution in [2.24, 2.45) is 0 Å². The van der Waals surface area contributed by atoms with Gasteiger partial charge in [0.05, 0.1) is 11.6 Å². The summed E-state index contributed by atoms with van der Waals surface area (Å²) in [6.45, 7) is 1.07. The number of carbonyl (C=O) groups is 2. The minimum absolute atomic E-state index is 0.0237. The second-order valence-electron chi connectivity index (χ2n) is 7.56. The Morgan fingerprint density at radius 2 is 1.78 bits per heavy atom. The van der Waals surface area contributed by atoms with Crippen LogP contribution < -0.4 is 9.47 Å². The van der Waals surface area contributed by atoms with Crippen LogP contribution in [0.15, 0.2) is 78.6 Å². The topological polar surface area (TPSA) is 89.0 Å². The Morgan fingerprint density at radius 3 is 2.53 bits per heavy atom. The molecule has 1 saturated heterocycles. The standard InChI is InChI=1S/C25H20N2O5/c28-23(17-8-9-19-20(13-17)32-12-11-31-19)21-22(18-7-4-10-26-14-18)27(25(30)24(21)29)15-16-5-2-1-3-6-16/h1-10,13-14,22,28H,11-12,15H2/b23-21+/t22-/m1/s1. The number of hydrogen-bond donors (Lipinski definition) is 1. The number of amides is 1. The molecular formula is C25H20N2O5. The minimum atomic E-state index is -0.767. The largest absolute Gasteiger partial charge is 0.507 e. The molecule has 7 nitrogen and oxygen atoms in total. The minimum Gasteiger partial charge on any atom is -0.507 e. The van der Waals surface area contributed by atoms with E-state index >= 15 is 0 Å². The lowest BCUT2D eigenvalue weighted by atomic mass is 9.96. The first-order valence-electron chi connectivity index (χ1n) is 10.3. The third kappa shape index (κ3) is 3.47. The maximum Gasteiger partial charge on any atom is 0.295 e. The number of aliphatic hydroxyl groups is 1. The summed E-state index contributed by atoms with van der Waals surface area (Å²) >= 11 is 0. The molecule has 1 N–H and O–H groups in total. The van der Waals surface area contributed by atoms with E-state index in [1.807, 2.05) is 30.3 Å². The quantitative estimate of drug-likeness (QED) is 0.389. The van der Waals surface area contributed by atoms with E-state index in [-0.39, 0.29) is 17.9 Å². The lowest BCUT2D eigenvalue weighted by molar-refractivity contribution is -0.140.